The van der Waals surface area contributed by atoms with Gasteiger partial charge < -0.3 is 9.64 Å². The fourth-order valence-corrected chi connectivity index (χ4v) is 4.63. The lowest BCUT2D eigenvalue weighted by Gasteiger charge is -2.31. The molecule has 3 rings (SSSR count). The first-order chi connectivity index (χ1) is 13.4. The zero-order chi connectivity index (χ0) is 20.1. The van der Waals surface area contributed by atoms with E-state index in [1.165, 1.54) is 33.0 Å². The number of ether oxygens (including phenoxy) is 1. The van der Waals surface area contributed by atoms with Crippen LogP contribution in [0.25, 0.3) is 0 Å². The third-order valence-electron chi connectivity index (χ3n) is 4.84. The van der Waals surface area contributed by atoms with Gasteiger partial charge in [0, 0.05) is 12.1 Å². The second kappa shape index (κ2) is 8.68. The minimum atomic E-state index is -3.72. The Morgan fingerprint density at radius 3 is 2.46 bits per heavy atom. The summed E-state index contributed by atoms with van der Waals surface area (Å²) >= 11 is 0. The van der Waals surface area contributed by atoms with Gasteiger partial charge in [-0.2, -0.15) is 4.31 Å². The molecule has 1 heterocycles. The van der Waals surface area contributed by atoms with E-state index in [0.29, 0.717) is 32.8 Å². The summed E-state index contributed by atoms with van der Waals surface area (Å²) in [6, 6.07) is 13.1. The van der Waals surface area contributed by atoms with E-state index in [-0.39, 0.29) is 10.6 Å². The van der Waals surface area contributed by atoms with Crippen molar-refractivity contribution < 1.29 is 23.0 Å². The van der Waals surface area contributed by atoms with E-state index >= 15 is 0 Å². The van der Waals surface area contributed by atoms with Gasteiger partial charge in [0.05, 0.1) is 36.0 Å². The maximum atomic E-state index is 12.8. The van der Waals surface area contributed by atoms with Gasteiger partial charge >= 0.3 is 0 Å². The van der Waals surface area contributed by atoms with Crippen molar-refractivity contribution in [2.45, 2.75) is 11.8 Å². The minimum Gasteiger partial charge on any atom is -0.488 e. The van der Waals surface area contributed by atoms with E-state index in [2.05, 4.69) is 0 Å². The number of hydrogen-bond donors (Lipinski definition) is 1. The molecule has 1 fully saturated rings. The van der Waals surface area contributed by atoms with Crippen molar-refractivity contribution in [3.8, 4) is 5.75 Å². The molecular weight excluding hydrogens is 382 g/mol. The third-order valence-corrected chi connectivity index (χ3v) is 6.74. The standard InChI is InChI=1S/C19H23N3O5S/c1-16-5-7-18(8-6-16)27-14-13-20-9-11-21(12-10-20)28(25,26)19-4-2-3-17(15-19)22(23)24/h2-8,15H,9-14H2,1H3/p+1. The summed E-state index contributed by atoms with van der Waals surface area (Å²) in [5.41, 5.74) is 0.956. The minimum absolute atomic E-state index is 0.0344. The number of nitrogens with zero attached hydrogens (tertiary/aromatic N) is 2. The molecule has 0 unspecified atom stereocenters. The molecule has 1 saturated heterocycles. The summed E-state index contributed by atoms with van der Waals surface area (Å²) < 4.78 is 32.7. The van der Waals surface area contributed by atoms with Crippen molar-refractivity contribution in [3.63, 3.8) is 0 Å². The molecule has 0 aromatic heterocycles. The van der Waals surface area contributed by atoms with Crippen LogP contribution in [0.3, 0.4) is 0 Å². The van der Waals surface area contributed by atoms with Gasteiger partial charge in [-0.3, -0.25) is 10.1 Å². The molecule has 0 aliphatic carbocycles. The van der Waals surface area contributed by atoms with Gasteiger partial charge in [0.15, 0.2) is 0 Å². The van der Waals surface area contributed by atoms with Crippen LogP contribution in [-0.4, -0.2) is 57.0 Å². The number of nitro groups is 1. The van der Waals surface area contributed by atoms with E-state index in [4.69, 9.17) is 4.74 Å². The number of hydrogen-bond acceptors (Lipinski definition) is 5. The topological polar surface area (TPSA) is 94.2 Å². The Balaban J connectivity index is 1.52. The lowest BCUT2D eigenvalue weighted by Crippen LogP contribution is -3.15. The molecule has 0 amide bonds. The zero-order valence-corrected chi connectivity index (χ0v) is 16.5. The monoisotopic (exact) mass is 406 g/mol. The summed E-state index contributed by atoms with van der Waals surface area (Å²) in [4.78, 5) is 11.6. The summed E-state index contributed by atoms with van der Waals surface area (Å²) in [6.07, 6.45) is 0. The Morgan fingerprint density at radius 1 is 1.14 bits per heavy atom. The van der Waals surface area contributed by atoms with Crippen molar-refractivity contribution in [2.75, 3.05) is 39.3 Å². The van der Waals surface area contributed by atoms with Crippen LogP contribution in [-0.2, 0) is 10.0 Å². The van der Waals surface area contributed by atoms with Crippen LogP contribution >= 0.6 is 0 Å². The number of nitrogens with one attached hydrogen (secondary N) is 1. The normalized spacial score (nSPS) is 16.0. The Bertz CT molecular complexity index is 923. The molecule has 0 spiro atoms. The first kappa shape index (κ1) is 20.2. The molecule has 1 N–H and O–H groups in total. The molecule has 0 atom stereocenters. The highest BCUT2D eigenvalue weighted by Crippen LogP contribution is 2.20. The quantitative estimate of drug-likeness (QED) is 0.544. The summed E-state index contributed by atoms with van der Waals surface area (Å²) in [5, 5.41) is 10.9. The highest BCUT2D eigenvalue weighted by molar-refractivity contribution is 7.89. The highest BCUT2D eigenvalue weighted by Gasteiger charge is 2.31. The number of sulfonamides is 1. The summed E-state index contributed by atoms with van der Waals surface area (Å²) in [7, 11) is -3.72. The van der Waals surface area contributed by atoms with Gasteiger partial charge in [-0.05, 0) is 25.1 Å². The van der Waals surface area contributed by atoms with Gasteiger partial charge in [0.2, 0.25) is 10.0 Å². The molecule has 2 aromatic carbocycles. The van der Waals surface area contributed by atoms with E-state index in [1.54, 1.807) is 0 Å². The number of quaternary nitrogens is 1. The lowest BCUT2D eigenvalue weighted by atomic mass is 10.2. The molecule has 0 radical (unpaired) electrons. The second-order valence-corrected chi connectivity index (χ2v) is 8.76. The molecule has 2 aromatic rings. The van der Waals surface area contributed by atoms with Crippen LogP contribution in [0.2, 0.25) is 0 Å². The van der Waals surface area contributed by atoms with Gasteiger partial charge in [0.25, 0.3) is 5.69 Å². The van der Waals surface area contributed by atoms with Gasteiger partial charge in [0.1, 0.15) is 18.9 Å². The Hall–Kier alpha value is -2.49. The predicted molar refractivity (Wildman–Crippen MR) is 104 cm³/mol. The Kier molecular flexibility index (Phi) is 6.28. The maximum absolute atomic E-state index is 12.8. The molecule has 8 nitrogen and oxygen atoms in total. The van der Waals surface area contributed by atoms with Crippen LogP contribution in [0, 0.1) is 17.0 Å². The molecule has 150 valence electrons. The molecule has 28 heavy (non-hydrogen) atoms. The van der Waals surface area contributed by atoms with Crippen LogP contribution in [0.15, 0.2) is 53.4 Å². The van der Waals surface area contributed by atoms with Crippen LogP contribution in [0.4, 0.5) is 5.69 Å². The summed E-state index contributed by atoms with van der Waals surface area (Å²) in [5.74, 6) is 0.830. The van der Waals surface area contributed by atoms with Crippen LogP contribution in [0.5, 0.6) is 5.75 Å². The van der Waals surface area contributed by atoms with Crippen molar-refractivity contribution in [1.29, 1.82) is 0 Å². The molecule has 0 bridgehead atoms. The number of rotatable bonds is 7. The zero-order valence-electron chi connectivity index (χ0n) is 15.7. The molecule has 0 saturated carbocycles. The predicted octanol–water partition coefficient (Wildman–Crippen LogP) is 0.871. The maximum Gasteiger partial charge on any atom is 0.270 e. The third kappa shape index (κ3) is 4.86. The van der Waals surface area contributed by atoms with E-state index in [0.717, 1.165) is 18.4 Å². The average Bonchev–Trinajstić information content (AvgIpc) is 2.70. The van der Waals surface area contributed by atoms with E-state index in [1.807, 2.05) is 31.2 Å². The number of aryl methyl sites for hydroxylation is 1. The molecule has 1 aliphatic rings. The molecular formula is C19H24N3O5S+. The number of piperazine rings is 1. The van der Waals surface area contributed by atoms with Crippen molar-refractivity contribution >= 4 is 15.7 Å². The van der Waals surface area contributed by atoms with Gasteiger partial charge in [-0.25, -0.2) is 8.42 Å². The van der Waals surface area contributed by atoms with Crippen LogP contribution in [0.1, 0.15) is 5.56 Å². The fraction of sp³-hybridized carbons (Fsp3) is 0.368. The Labute approximate surface area is 164 Å². The van der Waals surface area contributed by atoms with Gasteiger partial charge in [-0.1, -0.05) is 23.8 Å². The fourth-order valence-electron chi connectivity index (χ4n) is 3.15. The number of nitro benzene ring substituents is 1. The van der Waals surface area contributed by atoms with Crippen molar-refractivity contribution in [1.82, 2.24) is 4.31 Å². The number of benzene rings is 2. The van der Waals surface area contributed by atoms with Crippen LogP contribution < -0.4 is 9.64 Å². The summed E-state index contributed by atoms with van der Waals surface area (Å²) in [6.45, 7) is 5.48. The largest absolute Gasteiger partial charge is 0.488 e. The molecule has 1 aliphatic heterocycles. The van der Waals surface area contributed by atoms with Crippen molar-refractivity contribution in [3.05, 3.63) is 64.2 Å². The lowest BCUT2D eigenvalue weighted by molar-refractivity contribution is -0.903. The van der Waals surface area contributed by atoms with E-state index < -0.39 is 14.9 Å². The first-order valence-corrected chi connectivity index (χ1v) is 10.6. The SMILES string of the molecule is Cc1ccc(OCC[NH+]2CCN(S(=O)(=O)c3cccc([N+](=O)[O-])c3)CC2)cc1. The highest BCUT2D eigenvalue weighted by atomic mass is 32.2. The van der Waals surface area contributed by atoms with Crippen molar-refractivity contribution in [2.24, 2.45) is 0 Å². The number of non-ortho nitro benzene ring substituents is 1. The van der Waals surface area contributed by atoms with E-state index in [9.17, 15) is 18.5 Å². The smallest absolute Gasteiger partial charge is 0.270 e. The molecule has 9 heteroatoms. The average molecular weight is 406 g/mol. The first-order valence-electron chi connectivity index (χ1n) is 9.14. The van der Waals surface area contributed by atoms with Gasteiger partial charge in [-0.15, -0.1) is 0 Å². The second-order valence-electron chi connectivity index (χ2n) is 6.82. The Morgan fingerprint density at radius 2 is 1.82 bits per heavy atom.